The Morgan fingerprint density at radius 2 is 1.53 bits per heavy atom. The molecule has 0 unspecified atom stereocenters. The summed E-state index contributed by atoms with van der Waals surface area (Å²) < 4.78 is 0. The van der Waals surface area contributed by atoms with Crippen LogP contribution in [0.25, 0.3) is 33.9 Å². The van der Waals surface area contributed by atoms with Crippen LogP contribution in [0.3, 0.4) is 0 Å². The Kier molecular flexibility index (Phi) is 5.30. The molecule has 4 rings (SSSR count). The Labute approximate surface area is 174 Å². The molecule has 0 bridgehead atoms. The summed E-state index contributed by atoms with van der Waals surface area (Å²) in [6.07, 6.45) is 0. The van der Waals surface area contributed by atoms with E-state index >= 15 is 0 Å². The number of aromatic amines is 1. The van der Waals surface area contributed by atoms with E-state index in [4.69, 9.17) is 4.98 Å². The van der Waals surface area contributed by atoms with Crippen molar-refractivity contribution in [1.82, 2.24) is 9.97 Å². The Hall–Kier alpha value is -3.93. The van der Waals surface area contributed by atoms with E-state index in [1.54, 1.807) is 6.07 Å². The largest absolute Gasteiger partial charge is 0.377 e. The molecule has 30 heavy (non-hydrogen) atoms. The highest BCUT2D eigenvalue weighted by Gasteiger charge is 2.20. The molecule has 0 spiro atoms. The second kappa shape index (κ2) is 8.21. The normalized spacial score (nSPS) is 10.9. The third kappa shape index (κ3) is 3.93. The molecular weight excluding hydrogens is 376 g/mol. The van der Waals surface area contributed by atoms with Gasteiger partial charge in [-0.2, -0.15) is 0 Å². The van der Waals surface area contributed by atoms with E-state index in [-0.39, 0.29) is 16.7 Å². The zero-order chi connectivity index (χ0) is 21.1. The van der Waals surface area contributed by atoms with Gasteiger partial charge in [-0.3, -0.25) is 10.1 Å². The average molecular weight is 398 g/mol. The van der Waals surface area contributed by atoms with Gasteiger partial charge in [-0.25, -0.2) is 4.98 Å². The first-order valence-corrected chi connectivity index (χ1v) is 9.79. The Morgan fingerprint density at radius 1 is 0.900 bits per heavy atom. The van der Waals surface area contributed by atoms with Crippen molar-refractivity contribution >= 4 is 11.4 Å². The lowest BCUT2D eigenvalue weighted by molar-refractivity contribution is -0.384. The van der Waals surface area contributed by atoms with Crippen molar-refractivity contribution in [3.63, 3.8) is 0 Å². The first kappa shape index (κ1) is 19.4. The van der Waals surface area contributed by atoms with Crippen LogP contribution in [-0.2, 0) is 0 Å². The summed E-state index contributed by atoms with van der Waals surface area (Å²) >= 11 is 0. The van der Waals surface area contributed by atoms with Gasteiger partial charge in [0, 0.05) is 28.8 Å². The number of nitro benzene ring substituents is 1. The summed E-state index contributed by atoms with van der Waals surface area (Å²) in [6.45, 7) is 3.91. The van der Waals surface area contributed by atoms with Crippen LogP contribution in [0.1, 0.15) is 13.8 Å². The van der Waals surface area contributed by atoms with Gasteiger partial charge in [0.15, 0.2) is 0 Å². The van der Waals surface area contributed by atoms with Crippen LogP contribution in [0.5, 0.6) is 0 Å². The molecule has 0 aliphatic carbocycles. The number of imidazole rings is 1. The van der Waals surface area contributed by atoms with Crippen molar-refractivity contribution in [2.75, 3.05) is 5.32 Å². The van der Waals surface area contributed by atoms with Crippen LogP contribution >= 0.6 is 0 Å². The predicted octanol–water partition coefficient (Wildman–Crippen LogP) is 6.14. The number of nitrogens with zero attached hydrogens (tertiary/aromatic N) is 2. The second-order valence-corrected chi connectivity index (χ2v) is 7.33. The van der Waals surface area contributed by atoms with Gasteiger partial charge >= 0.3 is 0 Å². The number of rotatable bonds is 6. The van der Waals surface area contributed by atoms with Crippen molar-refractivity contribution < 1.29 is 4.92 Å². The van der Waals surface area contributed by atoms with Crippen molar-refractivity contribution in [2.45, 2.75) is 19.9 Å². The molecule has 150 valence electrons. The number of hydrogen-bond donors (Lipinski definition) is 2. The zero-order valence-electron chi connectivity index (χ0n) is 16.8. The SMILES string of the molecule is CC(C)Nc1cc(-c2[nH]c(-c3ccccc3)nc2-c2ccccc2)ccc1[N+](=O)[O-]. The van der Waals surface area contributed by atoms with Gasteiger partial charge in [0.25, 0.3) is 5.69 Å². The van der Waals surface area contributed by atoms with Crippen molar-refractivity contribution in [1.29, 1.82) is 0 Å². The fourth-order valence-electron chi connectivity index (χ4n) is 3.40. The second-order valence-electron chi connectivity index (χ2n) is 7.33. The van der Waals surface area contributed by atoms with Gasteiger partial charge in [-0.05, 0) is 26.0 Å². The minimum Gasteiger partial charge on any atom is -0.377 e. The fourth-order valence-corrected chi connectivity index (χ4v) is 3.40. The predicted molar refractivity (Wildman–Crippen MR) is 120 cm³/mol. The molecule has 2 N–H and O–H groups in total. The summed E-state index contributed by atoms with van der Waals surface area (Å²) in [4.78, 5) is 19.4. The number of benzene rings is 3. The topological polar surface area (TPSA) is 83.8 Å². The maximum atomic E-state index is 11.5. The number of nitrogens with one attached hydrogen (secondary N) is 2. The fraction of sp³-hybridized carbons (Fsp3) is 0.125. The average Bonchev–Trinajstić information content (AvgIpc) is 3.20. The van der Waals surface area contributed by atoms with Gasteiger partial charge < -0.3 is 10.3 Å². The molecule has 0 saturated carbocycles. The molecule has 3 aromatic carbocycles. The van der Waals surface area contributed by atoms with Gasteiger partial charge in [-0.15, -0.1) is 0 Å². The van der Waals surface area contributed by atoms with E-state index < -0.39 is 0 Å². The number of anilines is 1. The van der Waals surface area contributed by atoms with Crippen LogP contribution in [0.4, 0.5) is 11.4 Å². The molecule has 0 atom stereocenters. The Balaban J connectivity index is 1.89. The lowest BCUT2D eigenvalue weighted by atomic mass is 10.0. The number of aromatic nitrogens is 2. The smallest absolute Gasteiger partial charge is 0.292 e. The molecule has 4 aromatic rings. The summed E-state index contributed by atoms with van der Waals surface area (Å²) in [6, 6.07) is 25.0. The zero-order valence-corrected chi connectivity index (χ0v) is 16.8. The maximum Gasteiger partial charge on any atom is 0.292 e. The standard InChI is InChI=1S/C24H22N4O2/c1-16(2)25-20-15-19(13-14-21(20)28(29)30)23-22(17-9-5-3-6-10-17)26-24(27-23)18-11-7-4-8-12-18/h3-16,25H,1-2H3,(H,26,27). The van der Waals surface area contributed by atoms with E-state index in [0.717, 1.165) is 33.9 Å². The minimum atomic E-state index is -0.366. The van der Waals surface area contributed by atoms with Crippen molar-refractivity contribution in [2.24, 2.45) is 0 Å². The van der Waals surface area contributed by atoms with Crippen LogP contribution in [-0.4, -0.2) is 20.9 Å². The Morgan fingerprint density at radius 3 is 2.13 bits per heavy atom. The molecule has 6 nitrogen and oxygen atoms in total. The van der Waals surface area contributed by atoms with Crippen molar-refractivity contribution in [3.8, 4) is 33.9 Å². The third-order valence-corrected chi connectivity index (χ3v) is 4.72. The molecule has 0 aliphatic heterocycles. The number of H-pyrrole nitrogens is 1. The summed E-state index contributed by atoms with van der Waals surface area (Å²) in [5.74, 6) is 0.751. The molecular formula is C24H22N4O2. The van der Waals surface area contributed by atoms with E-state index in [9.17, 15) is 10.1 Å². The molecule has 0 radical (unpaired) electrons. The van der Waals surface area contributed by atoms with E-state index in [2.05, 4.69) is 10.3 Å². The number of hydrogen-bond acceptors (Lipinski definition) is 4. The minimum absolute atomic E-state index is 0.0523. The van der Waals surface area contributed by atoms with E-state index in [0.29, 0.717) is 5.69 Å². The summed E-state index contributed by atoms with van der Waals surface area (Å²) in [5.41, 5.74) is 4.95. The maximum absolute atomic E-state index is 11.5. The lowest BCUT2D eigenvalue weighted by Gasteiger charge is -2.12. The highest BCUT2D eigenvalue weighted by Crippen LogP contribution is 2.36. The molecule has 6 heteroatoms. The van der Waals surface area contributed by atoms with Crippen LogP contribution in [0, 0.1) is 10.1 Å². The monoisotopic (exact) mass is 398 g/mol. The highest BCUT2D eigenvalue weighted by molar-refractivity contribution is 5.84. The first-order chi connectivity index (χ1) is 14.5. The van der Waals surface area contributed by atoms with E-state index in [1.165, 1.54) is 6.07 Å². The first-order valence-electron chi connectivity index (χ1n) is 9.79. The van der Waals surface area contributed by atoms with Crippen molar-refractivity contribution in [3.05, 3.63) is 89.0 Å². The summed E-state index contributed by atoms with van der Waals surface area (Å²) in [5, 5.41) is 14.7. The van der Waals surface area contributed by atoms with Gasteiger partial charge in [0.05, 0.1) is 16.3 Å². The molecule has 0 aliphatic rings. The van der Waals surface area contributed by atoms with Crippen LogP contribution in [0.2, 0.25) is 0 Å². The van der Waals surface area contributed by atoms with Gasteiger partial charge in [0.1, 0.15) is 11.5 Å². The lowest BCUT2D eigenvalue weighted by Crippen LogP contribution is -2.11. The molecule has 0 fully saturated rings. The van der Waals surface area contributed by atoms with E-state index in [1.807, 2.05) is 80.6 Å². The summed E-state index contributed by atoms with van der Waals surface area (Å²) in [7, 11) is 0. The van der Waals surface area contributed by atoms with Crippen LogP contribution in [0.15, 0.2) is 78.9 Å². The third-order valence-electron chi connectivity index (χ3n) is 4.72. The van der Waals surface area contributed by atoms with Gasteiger partial charge in [-0.1, -0.05) is 60.7 Å². The number of nitro groups is 1. The van der Waals surface area contributed by atoms with Crippen LogP contribution < -0.4 is 5.32 Å². The molecule has 1 heterocycles. The van der Waals surface area contributed by atoms with Gasteiger partial charge in [0.2, 0.25) is 0 Å². The molecule has 1 aromatic heterocycles. The quantitative estimate of drug-likeness (QED) is 0.302. The Bertz CT molecular complexity index is 1170. The molecule has 0 saturated heterocycles. The highest BCUT2D eigenvalue weighted by atomic mass is 16.6. The molecule has 0 amide bonds.